The Hall–Kier alpha value is -3.76. The zero-order valence-corrected chi connectivity index (χ0v) is 20.8. The number of benzene rings is 4. The summed E-state index contributed by atoms with van der Waals surface area (Å²) in [7, 11) is 0. The van der Waals surface area contributed by atoms with Crippen LogP contribution in [-0.2, 0) is 11.3 Å². The van der Waals surface area contributed by atoms with Gasteiger partial charge in [0.2, 0.25) is 5.91 Å². The second-order valence-electron chi connectivity index (χ2n) is 8.92. The van der Waals surface area contributed by atoms with Crippen LogP contribution < -0.4 is 4.90 Å². The molecule has 1 amide bonds. The number of nitrogens with zero attached hydrogens (tertiary/aromatic N) is 2. The molecule has 0 bridgehead atoms. The van der Waals surface area contributed by atoms with Crippen LogP contribution in [0.4, 0.5) is 5.13 Å². The minimum atomic E-state index is -0.0268. The summed E-state index contributed by atoms with van der Waals surface area (Å²) in [5, 5.41) is 0.756. The number of rotatable bonds is 7. The molecule has 5 rings (SSSR count). The van der Waals surface area contributed by atoms with Crippen molar-refractivity contribution in [3.63, 3.8) is 0 Å². The number of hydrogen-bond donors (Lipinski definition) is 0. The van der Waals surface area contributed by atoms with E-state index < -0.39 is 0 Å². The van der Waals surface area contributed by atoms with Gasteiger partial charge in [-0.05, 0) is 41.7 Å². The van der Waals surface area contributed by atoms with E-state index in [2.05, 4.69) is 62.4 Å². The van der Waals surface area contributed by atoms with Crippen LogP contribution in [0.5, 0.6) is 0 Å². The van der Waals surface area contributed by atoms with Crippen LogP contribution in [0.15, 0.2) is 103 Å². The molecular weight excluding hydrogens is 448 g/mol. The fourth-order valence-electron chi connectivity index (χ4n) is 4.48. The Morgan fingerprint density at radius 2 is 1.31 bits per heavy atom. The van der Waals surface area contributed by atoms with Crippen molar-refractivity contribution in [1.82, 2.24) is 4.98 Å². The van der Waals surface area contributed by atoms with Crippen LogP contribution >= 0.6 is 11.3 Å². The summed E-state index contributed by atoms with van der Waals surface area (Å²) in [6, 6.07) is 35.0. The Balaban J connectivity index is 1.55. The quantitative estimate of drug-likeness (QED) is 0.241. The fraction of sp³-hybridized carbons (Fsp3) is 0.161. The summed E-state index contributed by atoms with van der Waals surface area (Å²) in [4.78, 5) is 20.9. The third-order valence-corrected chi connectivity index (χ3v) is 7.64. The topological polar surface area (TPSA) is 33.2 Å². The minimum Gasteiger partial charge on any atom is -0.284 e. The van der Waals surface area contributed by atoms with E-state index in [0.717, 1.165) is 37.6 Å². The molecule has 35 heavy (non-hydrogen) atoms. The number of fused-ring (bicyclic) bond motifs is 1. The first kappa shape index (κ1) is 23.0. The second kappa shape index (κ2) is 10.2. The summed E-state index contributed by atoms with van der Waals surface area (Å²) in [6.07, 6.45) is 0.370. The maximum Gasteiger partial charge on any atom is 0.230 e. The third kappa shape index (κ3) is 5.03. The number of carbonyl (C=O) groups excluding carboxylic acids is 1. The molecule has 0 unspecified atom stereocenters. The molecule has 3 nitrogen and oxygen atoms in total. The van der Waals surface area contributed by atoms with Crippen LogP contribution in [0.1, 0.15) is 40.2 Å². The zero-order chi connectivity index (χ0) is 24.2. The van der Waals surface area contributed by atoms with Crippen LogP contribution in [-0.4, -0.2) is 10.9 Å². The van der Waals surface area contributed by atoms with Gasteiger partial charge < -0.3 is 0 Å². The largest absolute Gasteiger partial charge is 0.284 e. The first-order valence-electron chi connectivity index (χ1n) is 11.9. The lowest BCUT2D eigenvalue weighted by molar-refractivity contribution is -0.119. The highest BCUT2D eigenvalue weighted by Crippen LogP contribution is 2.36. The summed E-state index contributed by atoms with van der Waals surface area (Å²) < 4.78 is 1.15. The molecule has 0 saturated heterocycles. The standard InChI is InChI=1S/C31H28N2OS/c1-22-18-19-23(2)30-29(22)32-31(35-30)33(21-24-12-6-3-7-13-24)28(34)20-27(25-14-8-4-9-15-25)26-16-10-5-11-17-26/h3-19,27H,20-21H2,1-2H3. The van der Waals surface area contributed by atoms with E-state index in [0.29, 0.717) is 13.0 Å². The molecule has 4 heteroatoms. The molecular formula is C31H28N2OS. The SMILES string of the molecule is Cc1ccc(C)c2sc(N(Cc3ccccc3)C(=O)CC(c3ccccc3)c3ccccc3)nc12. The summed E-state index contributed by atoms with van der Waals surface area (Å²) in [6.45, 7) is 4.68. The van der Waals surface area contributed by atoms with Gasteiger partial charge in [0.05, 0.1) is 16.8 Å². The highest BCUT2D eigenvalue weighted by atomic mass is 32.1. The predicted molar refractivity (Wildman–Crippen MR) is 146 cm³/mol. The average Bonchev–Trinajstić information content (AvgIpc) is 3.36. The molecule has 0 N–H and O–H groups in total. The third-order valence-electron chi connectivity index (χ3n) is 6.43. The van der Waals surface area contributed by atoms with Gasteiger partial charge in [0.25, 0.3) is 0 Å². The number of carbonyl (C=O) groups is 1. The van der Waals surface area contributed by atoms with Crippen molar-refractivity contribution in [3.8, 4) is 0 Å². The lowest BCUT2D eigenvalue weighted by atomic mass is 9.88. The van der Waals surface area contributed by atoms with Gasteiger partial charge in [-0.3, -0.25) is 9.69 Å². The predicted octanol–water partition coefficient (Wildman–Crippen LogP) is 7.67. The number of amides is 1. The van der Waals surface area contributed by atoms with Crippen molar-refractivity contribution in [1.29, 1.82) is 0 Å². The number of thiazole rings is 1. The summed E-state index contributed by atoms with van der Waals surface area (Å²) in [5.74, 6) is 0.0435. The fourth-order valence-corrected chi connectivity index (χ4v) is 5.60. The smallest absolute Gasteiger partial charge is 0.230 e. The first-order chi connectivity index (χ1) is 17.1. The Morgan fingerprint density at radius 3 is 1.89 bits per heavy atom. The van der Waals surface area contributed by atoms with Gasteiger partial charge in [-0.25, -0.2) is 4.98 Å². The maximum absolute atomic E-state index is 14.0. The van der Waals surface area contributed by atoms with E-state index in [1.165, 1.54) is 5.56 Å². The molecule has 0 spiro atoms. The van der Waals surface area contributed by atoms with Gasteiger partial charge in [0, 0.05) is 12.3 Å². The summed E-state index contributed by atoms with van der Waals surface area (Å²) >= 11 is 1.61. The van der Waals surface area contributed by atoms with Gasteiger partial charge in [0.1, 0.15) is 0 Å². The molecule has 1 heterocycles. The zero-order valence-electron chi connectivity index (χ0n) is 20.0. The molecule has 0 radical (unpaired) electrons. The number of anilines is 1. The van der Waals surface area contributed by atoms with Gasteiger partial charge in [-0.15, -0.1) is 0 Å². The monoisotopic (exact) mass is 476 g/mol. The Kier molecular flexibility index (Phi) is 6.73. The number of hydrogen-bond acceptors (Lipinski definition) is 3. The number of aryl methyl sites for hydroxylation is 2. The number of aromatic nitrogens is 1. The Labute approximate surface area is 210 Å². The molecule has 0 saturated carbocycles. The second-order valence-corrected chi connectivity index (χ2v) is 9.89. The van der Waals surface area contributed by atoms with E-state index >= 15 is 0 Å². The molecule has 4 aromatic carbocycles. The van der Waals surface area contributed by atoms with Crippen LogP contribution in [0.2, 0.25) is 0 Å². The van der Waals surface area contributed by atoms with Crippen LogP contribution in [0.25, 0.3) is 10.2 Å². The Bertz CT molecular complexity index is 1350. The molecule has 0 aliphatic rings. The van der Waals surface area contributed by atoms with Crippen molar-refractivity contribution in [2.75, 3.05) is 4.90 Å². The maximum atomic E-state index is 14.0. The van der Waals surface area contributed by atoms with Gasteiger partial charge in [-0.1, -0.05) is 114 Å². The van der Waals surface area contributed by atoms with Crippen molar-refractivity contribution in [3.05, 3.63) is 131 Å². The van der Waals surface area contributed by atoms with Crippen molar-refractivity contribution in [2.45, 2.75) is 32.7 Å². The van der Waals surface area contributed by atoms with Crippen molar-refractivity contribution >= 4 is 32.6 Å². The van der Waals surface area contributed by atoms with E-state index in [-0.39, 0.29) is 11.8 Å². The normalized spacial score (nSPS) is 11.2. The summed E-state index contributed by atoms with van der Waals surface area (Å²) in [5.41, 5.74) is 6.67. The lowest BCUT2D eigenvalue weighted by Gasteiger charge is -2.24. The van der Waals surface area contributed by atoms with Gasteiger partial charge >= 0.3 is 0 Å². The van der Waals surface area contributed by atoms with Gasteiger partial charge in [0.15, 0.2) is 5.13 Å². The molecule has 0 aliphatic heterocycles. The molecule has 5 aromatic rings. The molecule has 1 aromatic heterocycles. The van der Waals surface area contributed by atoms with Crippen molar-refractivity contribution in [2.24, 2.45) is 0 Å². The van der Waals surface area contributed by atoms with E-state index in [1.54, 1.807) is 11.3 Å². The van der Waals surface area contributed by atoms with Crippen LogP contribution in [0.3, 0.4) is 0 Å². The highest BCUT2D eigenvalue weighted by molar-refractivity contribution is 7.22. The van der Waals surface area contributed by atoms with Crippen molar-refractivity contribution < 1.29 is 4.79 Å². The lowest BCUT2D eigenvalue weighted by Crippen LogP contribution is -2.31. The van der Waals surface area contributed by atoms with E-state index in [9.17, 15) is 4.79 Å². The first-order valence-corrected chi connectivity index (χ1v) is 12.7. The van der Waals surface area contributed by atoms with E-state index in [4.69, 9.17) is 4.98 Å². The molecule has 0 aliphatic carbocycles. The van der Waals surface area contributed by atoms with E-state index in [1.807, 2.05) is 59.5 Å². The van der Waals surface area contributed by atoms with Gasteiger partial charge in [-0.2, -0.15) is 0 Å². The van der Waals surface area contributed by atoms with Crippen LogP contribution in [0, 0.1) is 13.8 Å². The Morgan fingerprint density at radius 1 is 0.771 bits per heavy atom. The molecule has 0 fully saturated rings. The average molecular weight is 477 g/mol. The molecule has 0 atom stereocenters. The highest BCUT2D eigenvalue weighted by Gasteiger charge is 2.26. The minimum absolute atomic E-state index is 0.0268. The molecule has 174 valence electrons.